The van der Waals surface area contributed by atoms with E-state index in [2.05, 4.69) is 23.8 Å². The molecule has 0 fully saturated rings. The molecule has 0 spiro atoms. The number of carbonyl (C=O) groups is 1. The third-order valence-electron chi connectivity index (χ3n) is 2.61. The maximum absolute atomic E-state index is 10.6. The number of hydrogen-bond acceptors (Lipinski definition) is 4. The Morgan fingerprint density at radius 3 is 2.38 bits per heavy atom. The minimum absolute atomic E-state index is 0.115. The molecule has 1 aromatic rings. The summed E-state index contributed by atoms with van der Waals surface area (Å²) in [5, 5.41) is 8.73. The molecule has 0 bridgehead atoms. The summed E-state index contributed by atoms with van der Waals surface area (Å²) in [7, 11) is 0. The Balaban J connectivity index is 2.90. The second kappa shape index (κ2) is 5.44. The Morgan fingerprint density at radius 2 is 2.00 bits per heavy atom. The predicted molar refractivity (Wildman–Crippen MR) is 61.8 cm³/mol. The fourth-order valence-corrected chi connectivity index (χ4v) is 1.45. The summed E-state index contributed by atoms with van der Waals surface area (Å²) < 4.78 is 0. The van der Waals surface area contributed by atoms with Crippen LogP contribution in [-0.4, -0.2) is 33.6 Å². The molecule has 0 aromatic carbocycles. The first-order chi connectivity index (χ1) is 7.60. The number of hydrogen-bond donors (Lipinski definition) is 1. The van der Waals surface area contributed by atoms with Crippen LogP contribution in [0.2, 0.25) is 0 Å². The van der Waals surface area contributed by atoms with Crippen molar-refractivity contribution in [1.29, 1.82) is 0 Å². The maximum atomic E-state index is 10.6. The third kappa shape index (κ3) is 2.68. The molecule has 1 aromatic heterocycles. The summed E-state index contributed by atoms with van der Waals surface area (Å²) >= 11 is 0. The van der Waals surface area contributed by atoms with Crippen molar-refractivity contribution in [1.82, 2.24) is 9.97 Å². The van der Waals surface area contributed by atoms with Gasteiger partial charge in [0.15, 0.2) is 0 Å². The Kier molecular flexibility index (Phi) is 4.22. The van der Waals surface area contributed by atoms with E-state index in [9.17, 15) is 4.79 Å². The Labute approximate surface area is 95.1 Å². The summed E-state index contributed by atoms with van der Waals surface area (Å²) in [6, 6.07) is 0.348. The minimum atomic E-state index is -1.00. The van der Waals surface area contributed by atoms with Crippen molar-refractivity contribution in [2.45, 2.75) is 33.2 Å². The van der Waals surface area contributed by atoms with E-state index in [1.54, 1.807) is 0 Å². The van der Waals surface area contributed by atoms with E-state index >= 15 is 0 Å². The van der Waals surface area contributed by atoms with Crippen LogP contribution in [0, 0.1) is 0 Å². The maximum Gasteiger partial charge on any atom is 0.338 e. The molecule has 16 heavy (non-hydrogen) atoms. The van der Waals surface area contributed by atoms with Crippen molar-refractivity contribution in [3.8, 4) is 0 Å². The highest BCUT2D eigenvalue weighted by molar-refractivity contribution is 5.86. The molecule has 0 amide bonds. The van der Waals surface area contributed by atoms with Crippen LogP contribution < -0.4 is 4.90 Å². The number of aromatic nitrogens is 2. The zero-order chi connectivity index (χ0) is 12.1. The number of anilines is 1. The summed E-state index contributed by atoms with van der Waals surface area (Å²) in [5.74, 6) is -0.417. The van der Waals surface area contributed by atoms with Gasteiger partial charge in [0.05, 0.1) is 5.56 Å². The SMILES string of the molecule is CCC(C)N(CC)c1ncc(C(=O)O)cn1. The Hall–Kier alpha value is -1.65. The normalized spacial score (nSPS) is 12.2. The molecular weight excluding hydrogens is 206 g/mol. The lowest BCUT2D eigenvalue weighted by Crippen LogP contribution is -2.33. The van der Waals surface area contributed by atoms with Gasteiger partial charge in [0, 0.05) is 25.0 Å². The van der Waals surface area contributed by atoms with Crippen LogP contribution in [0.15, 0.2) is 12.4 Å². The highest BCUT2D eigenvalue weighted by Gasteiger charge is 2.14. The predicted octanol–water partition coefficient (Wildman–Crippen LogP) is 1.80. The number of aromatic carboxylic acids is 1. The van der Waals surface area contributed by atoms with Crippen molar-refractivity contribution in [2.75, 3.05) is 11.4 Å². The summed E-state index contributed by atoms with van der Waals surface area (Å²) in [5.41, 5.74) is 0.115. The van der Waals surface area contributed by atoms with Crippen molar-refractivity contribution in [2.24, 2.45) is 0 Å². The van der Waals surface area contributed by atoms with Gasteiger partial charge in [-0.1, -0.05) is 6.92 Å². The van der Waals surface area contributed by atoms with Crippen LogP contribution in [0.5, 0.6) is 0 Å². The number of nitrogens with zero attached hydrogens (tertiary/aromatic N) is 3. The van der Waals surface area contributed by atoms with Gasteiger partial charge in [0.1, 0.15) is 0 Å². The standard InChI is InChI=1S/C11H17N3O2/c1-4-8(3)14(5-2)11-12-6-9(7-13-11)10(15)16/h6-8H,4-5H2,1-3H3,(H,15,16). The average Bonchev–Trinajstić information content (AvgIpc) is 2.30. The van der Waals surface area contributed by atoms with Gasteiger partial charge in [0.2, 0.25) is 5.95 Å². The van der Waals surface area contributed by atoms with Crippen molar-refractivity contribution in [3.63, 3.8) is 0 Å². The van der Waals surface area contributed by atoms with E-state index in [-0.39, 0.29) is 5.56 Å². The molecular formula is C11H17N3O2. The Bertz CT molecular complexity index is 351. The van der Waals surface area contributed by atoms with Crippen LogP contribution in [0.1, 0.15) is 37.6 Å². The quantitative estimate of drug-likeness (QED) is 0.824. The fourth-order valence-electron chi connectivity index (χ4n) is 1.45. The van der Waals surface area contributed by atoms with Crippen molar-refractivity contribution < 1.29 is 9.90 Å². The average molecular weight is 223 g/mol. The molecule has 1 unspecified atom stereocenters. The Morgan fingerprint density at radius 1 is 1.44 bits per heavy atom. The van der Waals surface area contributed by atoms with Gasteiger partial charge >= 0.3 is 5.97 Å². The van der Waals surface area contributed by atoms with Crippen LogP contribution in [-0.2, 0) is 0 Å². The summed E-state index contributed by atoms with van der Waals surface area (Å²) in [4.78, 5) is 20.8. The van der Waals surface area contributed by atoms with E-state index < -0.39 is 5.97 Å². The second-order valence-electron chi connectivity index (χ2n) is 3.62. The largest absolute Gasteiger partial charge is 0.478 e. The zero-order valence-corrected chi connectivity index (χ0v) is 9.84. The van der Waals surface area contributed by atoms with Gasteiger partial charge in [-0.15, -0.1) is 0 Å². The van der Waals surface area contributed by atoms with Crippen LogP contribution >= 0.6 is 0 Å². The molecule has 1 rings (SSSR count). The van der Waals surface area contributed by atoms with Gasteiger partial charge in [-0.05, 0) is 20.3 Å². The molecule has 1 atom stereocenters. The topological polar surface area (TPSA) is 66.3 Å². The van der Waals surface area contributed by atoms with Crippen LogP contribution in [0.25, 0.3) is 0 Å². The van der Waals surface area contributed by atoms with Gasteiger partial charge in [-0.25, -0.2) is 14.8 Å². The van der Waals surface area contributed by atoms with Crippen LogP contribution in [0.4, 0.5) is 5.95 Å². The third-order valence-corrected chi connectivity index (χ3v) is 2.61. The van der Waals surface area contributed by atoms with Crippen molar-refractivity contribution in [3.05, 3.63) is 18.0 Å². The monoisotopic (exact) mass is 223 g/mol. The molecule has 0 aliphatic carbocycles. The molecule has 5 nitrogen and oxygen atoms in total. The van der Waals surface area contributed by atoms with Crippen molar-refractivity contribution >= 4 is 11.9 Å². The zero-order valence-electron chi connectivity index (χ0n) is 9.84. The van der Waals surface area contributed by atoms with Gasteiger partial charge in [-0.2, -0.15) is 0 Å². The first-order valence-electron chi connectivity index (χ1n) is 5.42. The van der Waals surface area contributed by atoms with E-state index in [1.165, 1.54) is 12.4 Å². The molecule has 88 valence electrons. The molecule has 1 heterocycles. The fraction of sp³-hybridized carbons (Fsp3) is 0.545. The summed E-state index contributed by atoms with van der Waals surface area (Å²) in [6.07, 6.45) is 3.68. The molecule has 0 aliphatic rings. The lowest BCUT2D eigenvalue weighted by molar-refractivity contribution is 0.0696. The first-order valence-corrected chi connectivity index (χ1v) is 5.42. The molecule has 5 heteroatoms. The van der Waals surface area contributed by atoms with Gasteiger partial charge in [-0.3, -0.25) is 0 Å². The highest BCUT2D eigenvalue weighted by atomic mass is 16.4. The lowest BCUT2D eigenvalue weighted by atomic mass is 10.2. The number of carboxylic acid groups (broad SMARTS) is 1. The minimum Gasteiger partial charge on any atom is -0.478 e. The van der Waals surface area contributed by atoms with E-state index in [0.717, 1.165) is 13.0 Å². The van der Waals surface area contributed by atoms with E-state index in [1.807, 2.05) is 11.8 Å². The summed E-state index contributed by atoms with van der Waals surface area (Å²) in [6.45, 7) is 7.03. The molecule has 0 saturated carbocycles. The number of carboxylic acids is 1. The van der Waals surface area contributed by atoms with Gasteiger partial charge in [0.25, 0.3) is 0 Å². The van der Waals surface area contributed by atoms with E-state index in [0.29, 0.717) is 12.0 Å². The molecule has 0 aliphatic heterocycles. The first kappa shape index (κ1) is 12.4. The lowest BCUT2D eigenvalue weighted by Gasteiger charge is -2.26. The number of rotatable bonds is 5. The van der Waals surface area contributed by atoms with E-state index in [4.69, 9.17) is 5.11 Å². The smallest absolute Gasteiger partial charge is 0.338 e. The molecule has 0 radical (unpaired) electrons. The highest BCUT2D eigenvalue weighted by Crippen LogP contribution is 2.12. The van der Waals surface area contributed by atoms with Gasteiger partial charge < -0.3 is 10.0 Å². The second-order valence-corrected chi connectivity index (χ2v) is 3.62. The molecule has 1 N–H and O–H groups in total. The molecule has 0 saturated heterocycles. The van der Waals surface area contributed by atoms with Crippen LogP contribution in [0.3, 0.4) is 0 Å².